The lowest BCUT2D eigenvalue weighted by molar-refractivity contribution is 0.208. The van der Waals surface area contributed by atoms with Gasteiger partial charge in [-0.25, -0.2) is 14.2 Å². The first-order chi connectivity index (χ1) is 11.7. The number of aromatic nitrogens is 5. The molecule has 4 aromatic rings. The maximum absolute atomic E-state index is 10.6. The summed E-state index contributed by atoms with van der Waals surface area (Å²) >= 11 is 2.26. The summed E-state index contributed by atoms with van der Waals surface area (Å²) in [5, 5.41) is 22.2. The minimum absolute atomic E-state index is 0.603. The van der Waals surface area contributed by atoms with E-state index in [0.29, 0.717) is 17.0 Å². The fourth-order valence-electron chi connectivity index (χ4n) is 2.48. The van der Waals surface area contributed by atoms with Gasteiger partial charge in [0.25, 0.3) is 0 Å². The zero-order valence-electron chi connectivity index (χ0n) is 12.4. The van der Waals surface area contributed by atoms with Crippen LogP contribution in [0.4, 0.5) is 5.82 Å². The van der Waals surface area contributed by atoms with Crippen molar-refractivity contribution in [2.24, 2.45) is 0 Å². The summed E-state index contributed by atoms with van der Waals surface area (Å²) in [6, 6.07) is 11.5. The first-order valence-electron chi connectivity index (χ1n) is 7.26. The molecule has 1 unspecified atom stereocenters. The van der Waals surface area contributed by atoms with E-state index < -0.39 is 6.23 Å². The SMILES string of the molecule is OC(Nc1ccnn1-c1ccccc1I)c1cnn2cccnc12. The third kappa shape index (κ3) is 2.63. The lowest BCUT2D eigenvalue weighted by Crippen LogP contribution is -2.13. The summed E-state index contributed by atoms with van der Waals surface area (Å²) in [7, 11) is 0. The Morgan fingerprint density at radius 1 is 1.08 bits per heavy atom. The molecule has 24 heavy (non-hydrogen) atoms. The van der Waals surface area contributed by atoms with Crippen molar-refractivity contribution in [1.82, 2.24) is 24.4 Å². The Morgan fingerprint density at radius 3 is 2.83 bits per heavy atom. The van der Waals surface area contributed by atoms with Crippen LogP contribution in [0.3, 0.4) is 0 Å². The molecule has 1 atom stereocenters. The molecule has 0 radical (unpaired) electrons. The number of hydrogen-bond acceptors (Lipinski definition) is 5. The summed E-state index contributed by atoms with van der Waals surface area (Å²) in [5.74, 6) is 0.682. The van der Waals surface area contributed by atoms with Gasteiger partial charge in [-0.1, -0.05) is 12.1 Å². The lowest BCUT2D eigenvalue weighted by Gasteiger charge is -2.15. The summed E-state index contributed by atoms with van der Waals surface area (Å²) in [5.41, 5.74) is 2.15. The highest BCUT2D eigenvalue weighted by molar-refractivity contribution is 14.1. The van der Waals surface area contributed by atoms with E-state index in [1.807, 2.05) is 30.3 Å². The first kappa shape index (κ1) is 15.1. The molecule has 8 heteroatoms. The van der Waals surface area contributed by atoms with Crippen molar-refractivity contribution in [3.8, 4) is 5.69 Å². The molecule has 0 saturated carbocycles. The van der Waals surface area contributed by atoms with Crippen LogP contribution in [0.1, 0.15) is 11.8 Å². The third-order valence-electron chi connectivity index (χ3n) is 3.61. The van der Waals surface area contributed by atoms with E-state index in [-0.39, 0.29) is 0 Å². The molecule has 0 saturated heterocycles. The number of benzene rings is 1. The van der Waals surface area contributed by atoms with Crippen LogP contribution >= 0.6 is 22.6 Å². The van der Waals surface area contributed by atoms with Gasteiger partial charge >= 0.3 is 0 Å². The van der Waals surface area contributed by atoms with Gasteiger partial charge in [-0.05, 0) is 40.8 Å². The highest BCUT2D eigenvalue weighted by Crippen LogP contribution is 2.24. The highest BCUT2D eigenvalue weighted by Gasteiger charge is 2.17. The monoisotopic (exact) mass is 432 g/mol. The molecule has 1 aromatic carbocycles. The molecule has 7 nitrogen and oxygen atoms in total. The Bertz CT molecular complexity index is 995. The van der Waals surface area contributed by atoms with E-state index in [1.54, 1.807) is 40.1 Å². The fourth-order valence-corrected chi connectivity index (χ4v) is 3.10. The van der Waals surface area contributed by atoms with Crippen LogP contribution in [-0.2, 0) is 0 Å². The minimum atomic E-state index is -0.950. The zero-order chi connectivity index (χ0) is 16.5. The Kier molecular flexibility index (Phi) is 3.90. The molecule has 0 aliphatic rings. The largest absolute Gasteiger partial charge is 0.369 e. The Balaban J connectivity index is 1.67. The molecule has 120 valence electrons. The van der Waals surface area contributed by atoms with E-state index in [0.717, 1.165) is 9.26 Å². The zero-order valence-corrected chi connectivity index (χ0v) is 14.6. The van der Waals surface area contributed by atoms with Crippen molar-refractivity contribution < 1.29 is 5.11 Å². The number of para-hydroxylation sites is 1. The molecule has 0 spiro atoms. The number of halogens is 1. The number of aliphatic hydroxyl groups is 1. The van der Waals surface area contributed by atoms with Gasteiger partial charge in [0.05, 0.1) is 23.6 Å². The van der Waals surface area contributed by atoms with Gasteiger partial charge in [0, 0.05) is 22.0 Å². The number of anilines is 1. The van der Waals surface area contributed by atoms with Crippen LogP contribution in [0.2, 0.25) is 0 Å². The van der Waals surface area contributed by atoms with E-state index in [4.69, 9.17) is 0 Å². The molecule has 0 aliphatic heterocycles. The van der Waals surface area contributed by atoms with Crippen LogP contribution in [0.25, 0.3) is 11.3 Å². The standard InChI is InChI=1S/C16H13IN6O/c17-12-4-1-2-5-13(12)23-14(6-8-19-23)21-16(24)11-10-20-22-9-3-7-18-15(11)22/h1-10,16,21,24H. The number of aliphatic hydroxyl groups excluding tert-OH is 1. The normalized spacial score (nSPS) is 12.4. The molecular formula is C16H13IN6O. The van der Waals surface area contributed by atoms with Crippen molar-refractivity contribution in [2.45, 2.75) is 6.23 Å². The topological polar surface area (TPSA) is 80.3 Å². The Hall–Kier alpha value is -2.46. The van der Waals surface area contributed by atoms with Gasteiger partial charge in [0.1, 0.15) is 5.82 Å². The van der Waals surface area contributed by atoms with E-state index >= 15 is 0 Å². The minimum Gasteiger partial charge on any atom is -0.369 e. The molecule has 4 rings (SSSR count). The number of fused-ring (bicyclic) bond motifs is 1. The second-order valence-electron chi connectivity index (χ2n) is 5.11. The molecule has 2 N–H and O–H groups in total. The predicted octanol–water partition coefficient (Wildman–Crippen LogP) is 2.62. The molecule has 0 fully saturated rings. The number of nitrogens with one attached hydrogen (secondary N) is 1. The average molecular weight is 432 g/mol. The highest BCUT2D eigenvalue weighted by atomic mass is 127. The summed E-state index contributed by atoms with van der Waals surface area (Å²) < 4.78 is 4.44. The van der Waals surface area contributed by atoms with Crippen LogP contribution in [0.5, 0.6) is 0 Å². The number of hydrogen-bond donors (Lipinski definition) is 2. The van der Waals surface area contributed by atoms with Crippen LogP contribution < -0.4 is 5.32 Å². The number of rotatable bonds is 4. The first-order valence-corrected chi connectivity index (χ1v) is 8.34. The van der Waals surface area contributed by atoms with E-state index in [1.165, 1.54) is 0 Å². The molecule has 0 aliphatic carbocycles. The van der Waals surface area contributed by atoms with Gasteiger partial charge < -0.3 is 10.4 Å². The van der Waals surface area contributed by atoms with Crippen molar-refractivity contribution >= 4 is 34.1 Å². The smallest absolute Gasteiger partial charge is 0.162 e. The summed E-state index contributed by atoms with van der Waals surface area (Å²) in [4.78, 5) is 4.26. The maximum atomic E-state index is 10.6. The fraction of sp³-hybridized carbons (Fsp3) is 0.0625. The molecule has 0 amide bonds. The van der Waals surface area contributed by atoms with Gasteiger partial charge in [0.2, 0.25) is 0 Å². The Morgan fingerprint density at radius 2 is 1.96 bits per heavy atom. The molecule has 0 bridgehead atoms. The maximum Gasteiger partial charge on any atom is 0.162 e. The van der Waals surface area contributed by atoms with Gasteiger partial charge in [-0.15, -0.1) is 0 Å². The van der Waals surface area contributed by atoms with Crippen molar-refractivity contribution in [2.75, 3.05) is 5.32 Å². The summed E-state index contributed by atoms with van der Waals surface area (Å²) in [6.07, 6.45) is 5.80. The van der Waals surface area contributed by atoms with Gasteiger partial charge in [-0.3, -0.25) is 0 Å². The second-order valence-corrected chi connectivity index (χ2v) is 6.28. The average Bonchev–Trinajstić information content (AvgIpc) is 3.22. The quantitative estimate of drug-likeness (QED) is 0.383. The lowest BCUT2D eigenvalue weighted by atomic mass is 10.3. The van der Waals surface area contributed by atoms with Crippen LogP contribution in [0, 0.1) is 3.57 Å². The predicted molar refractivity (Wildman–Crippen MR) is 97.9 cm³/mol. The van der Waals surface area contributed by atoms with Crippen LogP contribution in [-0.4, -0.2) is 29.5 Å². The van der Waals surface area contributed by atoms with Crippen molar-refractivity contribution in [3.05, 3.63) is 70.3 Å². The van der Waals surface area contributed by atoms with Gasteiger partial charge in [-0.2, -0.15) is 10.2 Å². The Labute approximate surface area is 151 Å². The second kappa shape index (κ2) is 6.21. The third-order valence-corrected chi connectivity index (χ3v) is 4.52. The van der Waals surface area contributed by atoms with Crippen LogP contribution in [0.15, 0.2) is 61.2 Å². The molecular weight excluding hydrogens is 419 g/mol. The van der Waals surface area contributed by atoms with Gasteiger partial charge in [0.15, 0.2) is 11.9 Å². The van der Waals surface area contributed by atoms with E-state index in [9.17, 15) is 5.11 Å². The summed E-state index contributed by atoms with van der Waals surface area (Å²) in [6.45, 7) is 0. The molecule has 3 heterocycles. The van der Waals surface area contributed by atoms with Crippen molar-refractivity contribution in [3.63, 3.8) is 0 Å². The van der Waals surface area contributed by atoms with Crippen molar-refractivity contribution in [1.29, 1.82) is 0 Å². The van der Waals surface area contributed by atoms with E-state index in [2.05, 4.69) is 43.1 Å². The molecule has 3 aromatic heterocycles. The number of nitrogens with zero attached hydrogens (tertiary/aromatic N) is 5.